The Balaban J connectivity index is 1.59. The molecule has 20 heavy (non-hydrogen) atoms. The lowest BCUT2D eigenvalue weighted by molar-refractivity contribution is -0.0672. The third-order valence-corrected chi connectivity index (χ3v) is 3.21. The van der Waals surface area contributed by atoms with E-state index in [4.69, 9.17) is 4.74 Å². The van der Waals surface area contributed by atoms with Gasteiger partial charge in [0.15, 0.2) is 0 Å². The van der Waals surface area contributed by atoms with Crippen molar-refractivity contribution in [2.24, 2.45) is 0 Å². The quantitative estimate of drug-likeness (QED) is 0.726. The molecule has 112 valence electrons. The van der Waals surface area contributed by atoms with Crippen LogP contribution in [-0.2, 0) is 11.3 Å². The summed E-state index contributed by atoms with van der Waals surface area (Å²) in [5.41, 5.74) is 0.885. The van der Waals surface area contributed by atoms with Gasteiger partial charge in [-0.3, -0.25) is 10.00 Å². The number of rotatable bonds is 5. The number of nitrogens with one attached hydrogen (secondary N) is 3. The zero-order valence-electron chi connectivity index (χ0n) is 12.1. The van der Waals surface area contributed by atoms with Crippen LogP contribution in [0.15, 0.2) is 12.3 Å². The van der Waals surface area contributed by atoms with Crippen molar-refractivity contribution in [2.75, 3.05) is 26.2 Å². The number of aromatic nitrogens is 2. The summed E-state index contributed by atoms with van der Waals surface area (Å²) >= 11 is 0. The number of ether oxygens (including phenoxy) is 1. The SMILES string of the molecule is CC1CN(CCNC(=O)NCc2ccn[nH]2)CC(C)O1. The second-order valence-electron chi connectivity index (χ2n) is 5.21. The minimum absolute atomic E-state index is 0.158. The predicted octanol–water partition coefficient (Wildman–Crippen LogP) is 0.318. The smallest absolute Gasteiger partial charge is 0.315 e. The molecule has 1 aliphatic heterocycles. The fourth-order valence-electron chi connectivity index (χ4n) is 2.42. The van der Waals surface area contributed by atoms with E-state index >= 15 is 0 Å². The van der Waals surface area contributed by atoms with Gasteiger partial charge in [0.1, 0.15) is 0 Å². The van der Waals surface area contributed by atoms with Crippen LogP contribution in [0.1, 0.15) is 19.5 Å². The zero-order valence-corrected chi connectivity index (χ0v) is 12.1. The van der Waals surface area contributed by atoms with Gasteiger partial charge < -0.3 is 15.4 Å². The van der Waals surface area contributed by atoms with Crippen molar-refractivity contribution in [1.29, 1.82) is 0 Å². The van der Waals surface area contributed by atoms with Gasteiger partial charge in [-0.1, -0.05) is 0 Å². The first-order chi connectivity index (χ1) is 9.63. The monoisotopic (exact) mass is 281 g/mol. The number of amides is 2. The lowest BCUT2D eigenvalue weighted by Gasteiger charge is -2.35. The molecule has 2 amide bonds. The summed E-state index contributed by atoms with van der Waals surface area (Å²) in [6.07, 6.45) is 2.18. The number of carbonyl (C=O) groups excluding carboxylic acids is 1. The summed E-state index contributed by atoms with van der Waals surface area (Å²) < 4.78 is 5.67. The topological polar surface area (TPSA) is 82.3 Å². The van der Waals surface area contributed by atoms with Crippen molar-refractivity contribution in [2.45, 2.75) is 32.6 Å². The molecule has 0 bridgehead atoms. The van der Waals surface area contributed by atoms with Crippen molar-refractivity contribution < 1.29 is 9.53 Å². The molecule has 0 radical (unpaired) electrons. The molecule has 2 unspecified atom stereocenters. The van der Waals surface area contributed by atoms with Crippen LogP contribution in [-0.4, -0.2) is 59.5 Å². The lowest BCUT2D eigenvalue weighted by atomic mass is 10.2. The summed E-state index contributed by atoms with van der Waals surface area (Å²) in [5.74, 6) is 0. The number of hydrogen-bond donors (Lipinski definition) is 3. The Morgan fingerprint density at radius 1 is 1.45 bits per heavy atom. The van der Waals surface area contributed by atoms with Crippen LogP contribution < -0.4 is 10.6 Å². The van der Waals surface area contributed by atoms with Gasteiger partial charge in [0.2, 0.25) is 0 Å². The molecule has 2 atom stereocenters. The first kappa shape index (κ1) is 14.8. The van der Waals surface area contributed by atoms with Crippen LogP contribution in [0.2, 0.25) is 0 Å². The van der Waals surface area contributed by atoms with Crippen LogP contribution in [0.25, 0.3) is 0 Å². The summed E-state index contributed by atoms with van der Waals surface area (Å²) in [6, 6.07) is 1.67. The van der Waals surface area contributed by atoms with E-state index in [0.717, 1.165) is 25.3 Å². The highest BCUT2D eigenvalue weighted by Gasteiger charge is 2.21. The molecule has 1 saturated heterocycles. The maximum absolute atomic E-state index is 11.6. The Labute approximate surface area is 119 Å². The molecule has 1 aromatic heterocycles. The van der Waals surface area contributed by atoms with Crippen LogP contribution >= 0.6 is 0 Å². The van der Waals surface area contributed by atoms with Gasteiger partial charge in [0.05, 0.1) is 24.4 Å². The molecule has 7 nitrogen and oxygen atoms in total. The minimum Gasteiger partial charge on any atom is -0.373 e. The van der Waals surface area contributed by atoms with Crippen molar-refractivity contribution in [1.82, 2.24) is 25.7 Å². The van der Waals surface area contributed by atoms with Crippen LogP contribution in [0.4, 0.5) is 4.79 Å². The summed E-state index contributed by atoms with van der Waals surface area (Å²) in [4.78, 5) is 13.9. The Kier molecular flexibility index (Phi) is 5.37. The second kappa shape index (κ2) is 7.25. The fourth-order valence-corrected chi connectivity index (χ4v) is 2.42. The fraction of sp³-hybridized carbons (Fsp3) is 0.692. The summed E-state index contributed by atoms with van der Waals surface area (Å²) in [6.45, 7) is 7.92. The standard InChI is InChI=1S/C13H23N5O2/c1-10-8-18(9-11(2)20-10)6-5-14-13(19)15-7-12-3-4-16-17-12/h3-4,10-11H,5-9H2,1-2H3,(H,16,17)(H2,14,15,19). The molecule has 3 N–H and O–H groups in total. The van der Waals surface area contributed by atoms with E-state index in [-0.39, 0.29) is 18.2 Å². The van der Waals surface area contributed by atoms with Crippen LogP contribution in [0.3, 0.4) is 0 Å². The third kappa shape index (κ3) is 4.82. The van der Waals surface area contributed by atoms with E-state index in [9.17, 15) is 4.79 Å². The number of nitrogens with zero attached hydrogens (tertiary/aromatic N) is 2. The molecular weight excluding hydrogens is 258 g/mol. The number of carbonyl (C=O) groups is 1. The number of aromatic amines is 1. The van der Waals surface area contributed by atoms with Crippen LogP contribution in [0.5, 0.6) is 0 Å². The van der Waals surface area contributed by atoms with E-state index in [1.54, 1.807) is 6.20 Å². The molecule has 1 fully saturated rings. The molecule has 1 aromatic rings. The largest absolute Gasteiger partial charge is 0.373 e. The number of hydrogen-bond acceptors (Lipinski definition) is 4. The third-order valence-electron chi connectivity index (χ3n) is 3.21. The van der Waals surface area contributed by atoms with Crippen molar-refractivity contribution in [3.63, 3.8) is 0 Å². The van der Waals surface area contributed by atoms with Gasteiger partial charge in [-0.05, 0) is 19.9 Å². The van der Waals surface area contributed by atoms with Gasteiger partial charge >= 0.3 is 6.03 Å². The highest BCUT2D eigenvalue weighted by molar-refractivity contribution is 5.73. The normalized spacial score (nSPS) is 23.5. The summed E-state index contributed by atoms with van der Waals surface area (Å²) in [7, 11) is 0. The van der Waals surface area contributed by atoms with Gasteiger partial charge in [0.25, 0.3) is 0 Å². The molecule has 7 heteroatoms. The first-order valence-electron chi connectivity index (χ1n) is 7.01. The average Bonchev–Trinajstić information content (AvgIpc) is 2.88. The summed E-state index contributed by atoms with van der Waals surface area (Å²) in [5, 5.41) is 12.2. The molecule has 0 spiro atoms. The van der Waals surface area contributed by atoms with Crippen molar-refractivity contribution >= 4 is 6.03 Å². The first-order valence-corrected chi connectivity index (χ1v) is 7.01. The second-order valence-corrected chi connectivity index (χ2v) is 5.21. The number of morpholine rings is 1. The zero-order chi connectivity index (χ0) is 14.4. The molecule has 0 saturated carbocycles. The van der Waals surface area contributed by atoms with Gasteiger partial charge in [0, 0.05) is 32.4 Å². The van der Waals surface area contributed by atoms with E-state index in [0.29, 0.717) is 13.1 Å². The maximum atomic E-state index is 11.6. The minimum atomic E-state index is -0.158. The van der Waals surface area contributed by atoms with E-state index < -0.39 is 0 Å². The highest BCUT2D eigenvalue weighted by atomic mass is 16.5. The molecule has 0 aromatic carbocycles. The Morgan fingerprint density at radius 3 is 2.85 bits per heavy atom. The Morgan fingerprint density at radius 2 is 2.20 bits per heavy atom. The molecular formula is C13H23N5O2. The molecule has 2 rings (SSSR count). The van der Waals surface area contributed by atoms with Crippen molar-refractivity contribution in [3.05, 3.63) is 18.0 Å². The van der Waals surface area contributed by atoms with Gasteiger partial charge in [-0.2, -0.15) is 5.10 Å². The van der Waals surface area contributed by atoms with E-state index in [1.807, 2.05) is 6.07 Å². The van der Waals surface area contributed by atoms with Gasteiger partial charge in [-0.15, -0.1) is 0 Å². The van der Waals surface area contributed by atoms with E-state index in [2.05, 4.69) is 39.6 Å². The number of H-pyrrole nitrogens is 1. The molecule has 0 aliphatic carbocycles. The molecule has 1 aliphatic rings. The van der Waals surface area contributed by atoms with Crippen LogP contribution in [0, 0.1) is 0 Å². The number of urea groups is 1. The van der Waals surface area contributed by atoms with Crippen molar-refractivity contribution in [3.8, 4) is 0 Å². The Bertz CT molecular complexity index is 399. The molecule has 2 heterocycles. The predicted molar refractivity (Wildman–Crippen MR) is 75.3 cm³/mol. The Hall–Kier alpha value is -1.60. The lowest BCUT2D eigenvalue weighted by Crippen LogP contribution is -2.48. The highest BCUT2D eigenvalue weighted by Crippen LogP contribution is 2.09. The maximum Gasteiger partial charge on any atom is 0.315 e. The van der Waals surface area contributed by atoms with E-state index in [1.165, 1.54) is 0 Å². The average molecular weight is 281 g/mol. The van der Waals surface area contributed by atoms with Gasteiger partial charge in [-0.25, -0.2) is 4.79 Å².